The van der Waals surface area contributed by atoms with Gasteiger partial charge in [0, 0.05) is 25.4 Å². The molecule has 1 rings (SSSR count). The fourth-order valence-electron chi connectivity index (χ4n) is 0.858. The van der Waals surface area contributed by atoms with Crippen LogP contribution in [0.25, 0.3) is 0 Å². The summed E-state index contributed by atoms with van der Waals surface area (Å²) in [5.41, 5.74) is 7.11. The Morgan fingerprint density at radius 3 is 3.00 bits per heavy atom. The second kappa shape index (κ2) is 3.53. The van der Waals surface area contributed by atoms with Gasteiger partial charge in [-0.25, -0.2) is 4.99 Å². The molecule has 0 aromatic heterocycles. The van der Waals surface area contributed by atoms with Crippen LogP contribution in [0.3, 0.4) is 0 Å². The summed E-state index contributed by atoms with van der Waals surface area (Å²) >= 11 is 5.71. The van der Waals surface area contributed by atoms with E-state index in [1.807, 2.05) is 0 Å². The first-order valence-electron chi connectivity index (χ1n) is 3.38. The number of allylic oxidation sites excluding steroid dienone is 2. The number of nitrogens with zero attached hydrogens (tertiary/aromatic N) is 2. The van der Waals surface area contributed by atoms with E-state index >= 15 is 0 Å². The fourth-order valence-corrected chi connectivity index (χ4v) is 1.04. The maximum absolute atomic E-state index is 5.71. The molecular formula is C7H10ClN3. The van der Waals surface area contributed by atoms with Gasteiger partial charge in [-0.1, -0.05) is 11.6 Å². The van der Waals surface area contributed by atoms with Crippen molar-refractivity contribution in [2.45, 2.75) is 12.8 Å². The molecule has 0 aliphatic carbocycles. The summed E-state index contributed by atoms with van der Waals surface area (Å²) in [5, 5.41) is 0.606. The zero-order valence-electron chi connectivity index (χ0n) is 6.34. The highest BCUT2D eigenvalue weighted by atomic mass is 35.5. The van der Waals surface area contributed by atoms with Crippen LogP contribution in [0.15, 0.2) is 21.4 Å². The van der Waals surface area contributed by atoms with Crippen LogP contribution >= 0.6 is 11.6 Å². The minimum absolute atomic E-state index is 0.606. The second-order valence-corrected chi connectivity index (χ2v) is 2.72. The van der Waals surface area contributed by atoms with E-state index in [0.29, 0.717) is 10.9 Å². The molecule has 0 aromatic carbocycles. The molecule has 0 radical (unpaired) electrons. The summed E-state index contributed by atoms with van der Waals surface area (Å²) < 4.78 is 0. The zero-order chi connectivity index (χ0) is 8.27. The normalized spacial score (nSPS) is 19.3. The summed E-state index contributed by atoms with van der Waals surface area (Å²) in [5.74, 6) is 0. The van der Waals surface area contributed by atoms with E-state index in [9.17, 15) is 0 Å². The Labute approximate surface area is 70.7 Å². The topological polar surface area (TPSA) is 50.7 Å². The van der Waals surface area contributed by atoms with E-state index < -0.39 is 0 Å². The number of rotatable bonds is 1. The van der Waals surface area contributed by atoms with Crippen molar-refractivity contribution in [3.8, 4) is 0 Å². The lowest BCUT2D eigenvalue weighted by Crippen LogP contribution is -2.09. The highest BCUT2D eigenvalue weighted by molar-refractivity contribution is 6.65. The van der Waals surface area contributed by atoms with Gasteiger partial charge >= 0.3 is 0 Å². The maximum atomic E-state index is 5.71. The van der Waals surface area contributed by atoms with Crippen molar-refractivity contribution in [1.29, 1.82) is 0 Å². The van der Waals surface area contributed by atoms with Gasteiger partial charge in [-0.05, 0) is 6.42 Å². The molecule has 60 valence electrons. The Kier molecular flexibility index (Phi) is 2.65. The van der Waals surface area contributed by atoms with Gasteiger partial charge in [0.2, 0.25) is 0 Å². The molecule has 0 spiro atoms. The van der Waals surface area contributed by atoms with Crippen molar-refractivity contribution in [2.24, 2.45) is 15.7 Å². The van der Waals surface area contributed by atoms with Gasteiger partial charge in [-0.15, -0.1) is 0 Å². The average molecular weight is 172 g/mol. The molecule has 3 nitrogen and oxygen atoms in total. The molecule has 0 saturated heterocycles. The molecule has 0 saturated carbocycles. The van der Waals surface area contributed by atoms with E-state index in [0.717, 1.165) is 18.5 Å². The molecule has 1 heterocycles. The van der Waals surface area contributed by atoms with Crippen LogP contribution in [-0.4, -0.2) is 18.4 Å². The number of nitrogens with two attached hydrogens (primary N) is 1. The van der Waals surface area contributed by atoms with Crippen LogP contribution in [0.4, 0.5) is 0 Å². The fraction of sp³-hybridized carbons (Fsp3) is 0.429. The molecule has 0 unspecified atom stereocenters. The Balaban J connectivity index is 2.88. The molecule has 0 aromatic rings. The molecule has 0 fully saturated rings. The van der Waals surface area contributed by atoms with Gasteiger partial charge in [0.25, 0.3) is 0 Å². The lowest BCUT2D eigenvalue weighted by molar-refractivity contribution is 0.954. The van der Waals surface area contributed by atoms with Gasteiger partial charge < -0.3 is 5.73 Å². The minimum atomic E-state index is 0.606. The van der Waals surface area contributed by atoms with Gasteiger partial charge in [0.15, 0.2) is 0 Å². The first-order valence-corrected chi connectivity index (χ1v) is 3.75. The summed E-state index contributed by atoms with van der Waals surface area (Å²) in [6.45, 7) is 0. The van der Waals surface area contributed by atoms with E-state index in [2.05, 4.69) is 9.98 Å². The number of hydrogen-bond acceptors (Lipinski definition) is 3. The molecule has 11 heavy (non-hydrogen) atoms. The van der Waals surface area contributed by atoms with Crippen LogP contribution in [0.2, 0.25) is 0 Å². The van der Waals surface area contributed by atoms with Crippen molar-refractivity contribution in [1.82, 2.24) is 0 Å². The van der Waals surface area contributed by atoms with Crippen LogP contribution < -0.4 is 5.73 Å². The third kappa shape index (κ3) is 2.05. The van der Waals surface area contributed by atoms with Crippen LogP contribution in [0, 0.1) is 0 Å². The van der Waals surface area contributed by atoms with Crippen molar-refractivity contribution < 1.29 is 0 Å². The maximum Gasteiger partial charge on any atom is 0.107 e. The van der Waals surface area contributed by atoms with E-state index in [1.165, 1.54) is 0 Å². The summed E-state index contributed by atoms with van der Waals surface area (Å²) in [7, 11) is 1.68. The van der Waals surface area contributed by atoms with Crippen molar-refractivity contribution in [3.63, 3.8) is 0 Å². The quantitative estimate of drug-likeness (QED) is 0.594. The van der Waals surface area contributed by atoms with Crippen LogP contribution in [0.1, 0.15) is 12.8 Å². The zero-order valence-corrected chi connectivity index (χ0v) is 7.10. The highest BCUT2D eigenvalue weighted by Gasteiger charge is 2.08. The third-order valence-electron chi connectivity index (χ3n) is 1.42. The van der Waals surface area contributed by atoms with Crippen molar-refractivity contribution in [3.05, 3.63) is 11.4 Å². The molecule has 0 atom stereocenters. The largest absolute Gasteiger partial charge is 0.400 e. The monoisotopic (exact) mass is 171 g/mol. The van der Waals surface area contributed by atoms with Crippen LogP contribution in [0.5, 0.6) is 0 Å². The third-order valence-corrected chi connectivity index (χ3v) is 1.70. The summed E-state index contributed by atoms with van der Waals surface area (Å²) in [6, 6.07) is 0. The molecule has 0 bridgehead atoms. The van der Waals surface area contributed by atoms with Gasteiger partial charge in [-0.3, -0.25) is 4.99 Å². The predicted octanol–water partition coefficient (Wildman–Crippen LogP) is 1.29. The van der Waals surface area contributed by atoms with E-state index in [-0.39, 0.29) is 0 Å². The standard InChI is InChI=1S/C7H10ClN3/c1-10-4-6-5(9)2-3-7(8)11-6/h4H,2-3,9H2,1H3. The first-order chi connectivity index (χ1) is 5.24. The Hall–Kier alpha value is -0.830. The van der Waals surface area contributed by atoms with Crippen molar-refractivity contribution >= 4 is 23.0 Å². The number of hydrogen-bond donors (Lipinski definition) is 1. The predicted molar refractivity (Wildman–Crippen MR) is 48.2 cm³/mol. The molecule has 1 aliphatic heterocycles. The highest BCUT2D eigenvalue weighted by Crippen LogP contribution is 2.15. The first kappa shape index (κ1) is 8.27. The number of aliphatic imine (C=N–C) groups is 2. The van der Waals surface area contributed by atoms with E-state index in [4.69, 9.17) is 17.3 Å². The average Bonchev–Trinajstić information content (AvgIpc) is 1.98. The summed E-state index contributed by atoms with van der Waals surface area (Å²) in [6.07, 6.45) is 3.15. The minimum Gasteiger partial charge on any atom is -0.400 e. The second-order valence-electron chi connectivity index (χ2n) is 2.29. The van der Waals surface area contributed by atoms with Crippen molar-refractivity contribution in [2.75, 3.05) is 7.05 Å². The summed E-state index contributed by atoms with van der Waals surface area (Å²) in [4.78, 5) is 7.86. The lowest BCUT2D eigenvalue weighted by Gasteiger charge is -2.09. The van der Waals surface area contributed by atoms with Gasteiger partial charge in [-0.2, -0.15) is 0 Å². The lowest BCUT2D eigenvalue weighted by atomic mass is 10.2. The van der Waals surface area contributed by atoms with Crippen LogP contribution in [-0.2, 0) is 0 Å². The SMILES string of the molecule is CN=CC1=C(N)CCC(Cl)=N1. The molecule has 0 amide bonds. The number of halogens is 1. The molecule has 1 aliphatic rings. The Morgan fingerprint density at radius 1 is 1.64 bits per heavy atom. The molecular weight excluding hydrogens is 162 g/mol. The van der Waals surface area contributed by atoms with E-state index in [1.54, 1.807) is 13.3 Å². The van der Waals surface area contributed by atoms with Gasteiger partial charge in [0.05, 0.1) is 0 Å². The Bertz CT molecular complexity index is 240. The molecule has 4 heteroatoms. The molecule has 2 N–H and O–H groups in total. The van der Waals surface area contributed by atoms with Gasteiger partial charge in [0.1, 0.15) is 10.9 Å². The smallest absolute Gasteiger partial charge is 0.107 e. The Morgan fingerprint density at radius 2 is 2.36 bits per heavy atom.